The number of benzene rings is 1. The number of hydrogen-bond donors (Lipinski definition) is 1. The number of piperidine rings is 1. The number of hydrogen-bond acceptors (Lipinski definition) is 3. The molecule has 1 aliphatic heterocycles. The molecule has 4 rings (SSSR count). The van der Waals surface area contributed by atoms with Crippen LogP contribution in [0.2, 0.25) is 0 Å². The van der Waals surface area contributed by atoms with Crippen molar-refractivity contribution in [3.63, 3.8) is 0 Å². The highest BCUT2D eigenvalue weighted by Gasteiger charge is 2.27. The second kappa shape index (κ2) is 6.57. The molecule has 1 atom stereocenters. The normalized spacial score (nSPS) is 18.8. The van der Waals surface area contributed by atoms with Crippen LogP contribution in [0.15, 0.2) is 54.9 Å². The number of carbonyl (C=O) groups is 1. The number of pyridine rings is 1. The monoisotopic (exact) mass is 319 g/mol. The molecule has 24 heavy (non-hydrogen) atoms. The number of Topliss-reactive ketones (excluding diaryl/α,β-unsaturated/α-hetero) is 1. The number of rotatable bonds is 4. The molecule has 0 saturated carbocycles. The van der Waals surface area contributed by atoms with Crippen LogP contribution in [0.4, 0.5) is 0 Å². The first-order valence-corrected chi connectivity index (χ1v) is 8.54. The van der Waals surface area contributed by atoms with Crippen molar-refractivity contribution in [1.82, 2.24) is 14.9 Å². The number of likely N-dealkylation sites (tertiary alicyclic amines) is 1. The smallest absolute Gasteiger partial charge is 0.185 e. The fourth-order valence-corrected chi connectivity index (χ4v) is 3.66. The van der Waals surface area contributed by atoms with E-state index in [1.165, 1.54) is 16.5 Å². The van der Waals surface area contributed by atoms with E-state index in [0.29, 0.717) is 5.69 Å². The van der Waals surface area contributed by atoms with Crippen LogP contribution in [0.25, 0.3) is 10.9 Å². The molecule has 0 aliphatic carbocycles. The van der Waals surface area contributed by atoms with Gasteiger partial charge in [-0.3, -0.25) is 14.7 Å². The van der Waals surface area contributed by atoms with E-state index in [1.54, 1.807) is 6.20 Å². The van der Waals surface area contributed by atoms with Crippen molar-refractivity contribution in [3.05, 3.63) is 66.1 Å². The lowest BCUT2D eigenvalue weighted by Crippen LogP contribution is -2.38. The summed E-state index contributed by atoms with van der Waals surface area (Å²) in [5.41, 5.74) is 3.09. The summed E-state index contributed by atoms with van der Waals surface area (Å²) in [5.74, 6) is 0.235. The van der Waals surface area contributed by atoms with E-state index in [2.05, 4.69) is 39.1 Å². The second-order valence-electron chi connectivity index (χ2n) is 6.51. The zero-order valence-electron chi connectivity index (χ0n) is 13.6. The summed E-state index contributed by atoms with van der Waals surface area (Å²) in [6.45, 7) is 2.75. The molecule has 1 N–H and O–H groups in total. The van der Waals surface area contributed by atoms with Crippen LogP contribution in [-0.2, 0) is 6.54 Å². The molecule has 1 aliphatic rings. The van der Waals surface area contributed by atoms with Gasteiger partial charge < -0.3 is 4.98 Å². The van der Waals surface area contributed by atoms with Crippen molar-refractivity contribution in [1.29, 1.82) is 0 Å². The average molecular weight is 319 g/mol. The van der Waals surface area contributed by atoms with Gasteiger partial charge in [-0.15, -0.1) is 0 Å². The van der Waals surface area contributed by atoms with Gasteiger partial charge in [-0.05, 0) is 49.2 Å². The Kier molecular flexibility index (Phi) is 4.13. The first-order chi connectivity index (χ1) is 11.8. The van der Waals surface area contributed by atoms with Gasteiger partial charge in [0.2, 0.25) is 0 Å². The van der Waals surface area contributed by atoms with Gasteiger partial charge in [0.25, 0.3) is 0 Å². The maximum atomic E-state index is 12.7. The quantitative estimate of drug-likeness (QED) is 0.747. The van der Waals surface area contributed by atoms with Crippen LogP contribution < -0.4 is 0 Å². The van der Waals surface area contributed by atoms with Crippen molar-refractivity contribution >= 4 is 16.7 Å². The van der Waals surface area contributed by atoms with E-state index >= 15 is 0 Å². The lowest BCUT2D eigenvalue weighted by atomic mass is 9.91. The van der Waals surface area contributed by atoms with Gasteiger partial charge in [0.05, 0.1) is 0 Å². The van der Waals surface area contributed by atoms with Crippen molar-refractivity contribution in [2.75, 3.05) is 13.1 Å². The lowest BCUT2D eigenvalue weighted by Gasteiger charge is -2.32. The topological polar surface area (TPSA) is 49.0 Å². The summed E-state index contributed by atoms with van der Waals surface area (Å²) >= 11 is 0. The Labute approximate surface area is 141 Å². The number of H-pyrrole nitrogens is 1. The summed E-state index contributed by atoms with van der Waals surface area (Å²) in [7, 11) is 0. The van der Waals surface area contributed by atoms with Crippen molar-refractivity contribution < 1.29 is 4.79 Å². The standard InChI is InChI=1S/C20H21N3O/c24-20(19-7-1-2-10-21-19)16-6-4-12-23(14-16)13-15-5-3-8-18-17(15)9-11-22-18/h1-3,5,7-11,16,22H,4,6,12-14H2. The highest BCUT2D eigenvalue weighted by molar-refractivity contribution is 5.96. The number of nitrogens with zero attached hydrogens (tertiary/aromatic N) is 2. The predicted octanol–water partition coefficient (Wildman–Crippen LogP) is 3.66. The third-order valence-corrected chi connectivity index (χ3v) is 4.87. The Bertz CT molecular complexity index is 840. The van der Waals surface area contributed by atoms with Crippen LogP contribution in [0, 0.1) is 5.92 Å². The first kappa shape index (κ1) is 15.1. The molecule has 4 nitrogen and oxygen atoms in total. The Morgan fingerprint density at radius 2 is 2.17 bits per heavy atom. The van der Waals surface area contributed by atoms with Crippen LogP contribution in [0.5, 0.6) is 0 Å². The van der Waals surface area contributed by atoms with E-state index in [-0.39, 0.29) is 11.7 Å². The Hall–Kier alpha value is -2.46. The van der Waals surface area contributed by atoms with E-state index in [0.717, 1.165) is 32.5 Å². The fraction of sp³-hybridized carbons (Fsp3) is 0.300. The van der Waals surface area contributed by atoms with Crippen LogP contribution in [0.1, 0.15) is 28.9 Å². The van der Waals surface area contributed by atoms with Crippen LogP contribution in [0.3, 0.4) is 0 Å². The van der Waals surface area contributed by atoms with Gasteiger partial charge in [0.15, 0.2) is 5.78 Å². The van der Waals surface area contributed by atoms with Crippen molar-refractivity contribution in [2.24, 2.45) is 5.92 Å². The molecular formula is C20H21N3O. The van der Waals surface area contributed by atoms with Crippen molar-refractivity contribution in [2.45, 2.75) is 19.4 Å². The molecule has 1 aromatic carbocycles. The molecule has 1 saturated heterocycles. The molecule has 3 aromatic rings. The number of ketones is 1. The Morgan fingerprint density at radius 1 is 1.21 bits per heavy atom. The Balaban J connectivity index is 1.49. The van der Waals surface area contributed by atoms with E-state index in [4.69, 9.17) is 0 Å². The molecule has 0 spiro atoms. The minimum atomic E-state index is 0.0547. The number of fused-ring (bicyclic) bond motifs is 1. The minimum Gasteiger partial charge on any atom is -0.361 e. The zero-order valence-corrected chi connectivity index (χ0v) is 13.6. The van der Waals surface area contributed by atoms with E-state index in [9.17, 15) is 4.79 Å². The van der Waals surface area contributed by atoms with Gasteiger partial charge in [-0.1, -0.05) is 18.2 Å². The van der Waals surface area contributed by atoms with Crippen LogP contribution >= 0.6 is 0 Å². The van der Waals surface area contributed by atoms with Gasteiger partial charge in [-0.2, -0.15) is 0 Å². The predicted molar refractivity (Wildman–Crippen MR) is 94.9 cm³/mol. The molecular weight excluding hydrogens is 298 g/mol. The molecule has 0 amide bonds. The molecule has 1 fully saturated rings. The van der Waals surface area contributed by atoms with Gasteiger partial charge >= 0.3 is 0 Å². The van der Waals surface area contributed by atoms with Gasteiger partial charge in [0.1, 0.15) is 5.69 Å². The zero-order chi connectivity index (χ0) is 16.4. The largest absolute Gasteiger partial charge is 0.361 e. The summed E-state index contributed by atoms with van der Waals surface area (Å²) in [5, 5.41) is 1.27. The molecule has 3 heterocycles. The Morgan fingerprint density at radius 3 is 3.04 bits per heavy atom. The SMILES string of the molecule is O=C(c1ccccn1)C1CCCN(Cc2cccc3[nH]ccc23)C1. The molecule has 0 radical (unpaired) electrons. The average Bonchev–Trinajstić information content (AvgIpc) is 3.12. The summed E-state index contributed by atoms with van der Waals surface area (Å²) < 4.78 is 0. The van der Waals surface area contributed by atoms with Crippen LogP contribution in [-0.4, -0.2) is 33.7 Å². The number of aromatic amines is 1. The molecule has 2 aromatic heterocycles. The molecule has 4 heteroatoms. The highest BCUT2D eigenvalue weighted by atomic mass is 16.1. The number of carbonyl (C=O) groups excluding carboxylic acids is 1. The molecule has 1 unspecified atom stereocenters. The molecule has 0 bridgehead atoms. The highest BCUT2D eigenvalue weighted by Crippen LogP contribution is 2.24. The lowest BCUT2D eigenvalue weighted by molar-refractivity contribution is 0.0807. The summed E-state index contributed by atoms with van der Waals surface area (Å²) in [6, 6.07) is 14.1. The number of nitrogens with one attached hydrogen (secondary N) is 1. The first-order valence-electron chi connectivity index (χ1n) is 8.54. The summed E-state index contributed by atoms with van der Waals surface area (Å²) in [6.07, 6.45) is 5.70. The van der Waals surface area contributed by atoms with Crippen molar-refractivity contribution in [3.8, 4) is 0 Å². The van der Waals surface area contributed by atoms with E-state index < -0.39 is 0 Å². The third-order valence-electron chi connectivity index (χ3n) is 4.87. The fourth-order valence-electron chi connectivity index (χ4n) is 3.66. The summed E-state index contributed by atoms with van der Waals surface area (Å²) in [4.78, 5) is 22.6. The maximum absolute atomic E-state index is 12.7. The third kappa shape index (κ3) is 2.97. The van der Waals surface area contributed by atoms with Gasteiger partial charge in [-0.25, -0.2) is 0 Å². The minimum absolute atomic E-state index is 0.0547. The maximum Gasteiger partial charge on any atom is 0.185 e. The molecule has 122 valence electrons. The van der Waals surface area contributed by atoms with E-state index in [1.807, 2.05) is 24.4 Å². The second-order valence-corrected chi connectivity index (χ2v) is 6.51. The van der Waals surface area contributed by atoms with Gasteiger partial charge in [0, 0.05) is 42.3 Å². The number of aromatic nitrogens is 2.